The van der Waals surface area contributed by atoms with Gasteiger partial charge in [0.2, 0.25) is 0 Å². The molecule has 3 rings (SSSR count). The van der Waals surface area contributed by atoms with E-state index >= 15 is 0 Å². The van der Waals surface area contributed by atoms with Gasteiger partial charge in [-0.15, -0.1) is 0 Å². The molecule has 1 nitrogen and oxygen atoms in total. The molecule has 0 saturated heterocycles. The zero-order chi connectivity index (χ0) is 21.3. The van der Waals surface area contributed by atoms with Crippen molar-refractivity contribution in [1.29, 1.82) is 0 Å². The number of hydrogen-bond acceptors (Lipinski definition) is 1. The van der Waals surface area contributed by atoms with Gasteiger partial charge in [0, 0.05) is 16.7 Å². The second kappa shape index (κ2) is 15.3. The fourth-order valence-electron chi connectivity index (χ4n) is 2.35. The zero-order valence-electron chi connectivity index (χ0n) is 18.1. The lowest BCUT2D eigenvalue weighted by Crippen LogP contribution is -2.25. The smallest absolute Gasteiger partial charge is 0.177 e. The van der Waals surface area contributed by atoms with Crippen LogP contribution in [0.3, 0.4) is 0 Å². The number of hydrogen-bond donors (Lipinski definition) is 1. The monoisotopic (exact) mass is 374 g/mol. The Bertz CT molecular complexity index is 742. The Kier molecular flexibility index (Phi) is 13.7. The van der Waals surface area contributed by atoms with E-state index < -0.39 is 5.60 Å². The highest BCUT2D eigenvalue weighted by atomic mass is 16.3. The summed E-state index contributed by atoms with van der Waals surface area (Å²) < 4.78 is 0. The first kappa shape index (κ1) is 25.2. The van der Waals surface area contributed by atoms with E-state index in [2.05, 4.69) is 11.8 Å². The molecule has 0 fully saturated rings. The van der Waals surface area contributed by atoms with Gasteiger partial charge in [-0.25, -0.2) is 0 Å². The lowest BCUT2D eigenvalue weighted by molar-refractivity contribution is 0.145. The van der Waals surface area contributed by atoms with Crippen LogP contribution >= 0.6 is 0 Å². The molecule has 0 aromatic heterocycles. The maximum Gasteiger partial charge on any atom is 0.177 e. The Morgan fingerprint density at radius 1 is 0.536 bits per heavy atom. The first-order valence-corrected chi connectivity index (χ1v) is 10.2. The van der Waals surface area contributed by atoms with Gasteiger partial charge in [0.15, 0.2) is 5.60 Å². The third kappa shape index (κ3) is 7.43. The molecule has 0 saturated carbocycles. The molecule has 0 aliphatic heterocycles. The molecule has 0 heterocycles. The van der Waals surface area contributed by atoms with Crippen molar-refractivity contribution in [2.24, 2.45) is 0 Å². The molecule has 0 bridgehead atoms. The van der Waals surface area contributed by atoms with Crippen molar-refractivity contribution in [1.82, 2.24) is 0 Å². The molecule has 1 N–H and O–H groups in total. The molecule has 3 aromatic carbocycles. The van der Waals surface area contributed by atoms with Crippen molar-refractivity contribution >= 4 is 0 Å². The Morgan fingerprint density at radius 2 is 0.857 bits per heavy atom. The molecular weight excluding hydrogens is 340 g/mol. The number of aliphatic hydroxyl groups is 1. The summed E-state index contributed by atoms with van der Waals surface area (Å²) in [5.74, 6) is 6.13. The van der Waals surface area contributed by atoms with Gasteiger partial charge in [-0.2, -0.15) is 0 Å². The lowest BCUT2D eigenvalue weighted by atomic mass is 9.86. The van der Waals surface area contributed by atoms with Crippen LogP contribution in [0.15, 0.2) is 91.0 Å². The Hall–Kier alpha value is -2.82. The molecule has 3 aromatic rings. The minimum absolute atomic E-state index is 0.768. The summed E-state index contributed by atoms with van der Waals surface area (Å²) in [5.41, 5.74) is 1.10. The van der Waals surface area contributed by atoms with Crippen molar-refractivity contribution in [3.05, 3.63) is 108 Å². The van der Waals surface area contributed by atoms with E-state index in [0.29, 0.717) is 0 Å². The van der Waals surface area contributed by atoms with Gasteiger partial charge in [0.1, 0.15) is 0 Å². The third-order valence-corrected chi connectivity index (χ3v) is 3.54. The van der Waals surface area contributed by atoms with E-state index in [1.807, 2.05) is 133 Å². The highest BCUT2D eigenvalue weighted by Crippen LogP contribution is 2.28. The molecule has 0 unspecified atom stereocenters. The van der Waals surface area contributed by atoms with Crippen molar-refractivity contribution in [3.63, 3.8) is 0 Å². The topological polar surface area (TPSA) is 20.2 Å². The van der Waals surface area contributed by atoms with Gasteiger partial charge >= 0.3 is 0 Å². The van der Waals surface area contributed by atoms with Gasteiger partial charge in [-0.1, -0.05) is 132 Å². The molecular formula is C27H34O. The van der Waals surface area contributed by atoms with Crippen LogP contribution < -0.4 is 0 Å². The summed E-state index contributed by atoms with van der Waals surface area (Å²) >= 11 is 0. The van der Waals surface area contributed by atoms with Crippen LogP contribution in [0.25, 0.3) is 0 Å². The molecule has 0 radical (unpaired) electrons. The Balaban J connectivity index is 0.00000111. The molecule has 0 aliphatic rings. The second-order valence-corrected chi connectivity index (χ2v) is 5.06. The average Bonchev–Trinajstić information content (AvgIpc) is 2.83. The van der Waals surface area contributed by atoms with E-state index in [0.717, 1.165) is 16.7 Å². The SMILES string of the molecule is CC.CC.CC.OC(C#Cc1ccccc1)(c1ccccc1)c1ccccc1. The summed E-state index contributed by atoms with van der Waals surface area (Å²) in [7, 11) is 0. The molecule has 28 heavy (non-hydrogen) atoms. The number of benzene rings is 3. The van der Waals surface area contributed by atoms with Crippen LogP contribution in [0.1, 0.15) is 58.2 Å². The summed E-state index contributed by atoms with van der Waals surface area (Å²) in [5, 5.41) is 11.2. The van der Waals surface area contributed by atoms with E-state index in [1.165, 1.54) is 0 Å². The average molecular weight is 375 g/mol. The van der Waals surface area contributed by atoms with Gasteiger partial charge in [0.05, 0.1) is 0 Å². The van der Waals surface area contributed by atoms with Gasteiger partial charge in [-0.3, -0.25) is 0 Å². The second-order valence-electron chi connectivity index (χ2n) is 5.06. The fraction of sp³-hybridized carbons (Fsp3) is 0.259. The van der Waals surface area contributed by atoms with Crippen LogP contribution in [0.2, 0.25) is 0 Å². The Labute approximate surface area is 172 Å². The maximum atomic E-state index is 11.2. The quantitative estimate of drug-likeness (QED) is 0.476. The van der Waals surface area contributed by atoms with E-state index in [9.17, 15) is 5.11 Å². The first-order chi connectivity index (χ1) is 13.8. The maximum absolute atomic E-state index is 11.2. The Morgan fingerprint density at radius 3 is 1.21 bits per heavy atom. The van der Waals surface area contributed by atoms with Crippen molar-refractivity contribution < 1.29 is 5.11 Å². The summed E-state index contributed by atoms with van der Waals surface area (Å²) in [4.78, 5) is 0. The van der Waals surface area contributed by atoms with Crippen LogP contribution in [-0.2, 0) is 5.60 Å². The third-order valence-electron chi connectivity index (χ3n) is 3.54. The van der Waals surface area contributed by atoms with Crippen LogP contribution in [0.5, 0.6) is 0 Å². The predicted octanol–water partition coefficient (Wildman–Crippen LogP) is 7.05. The summed E-state index contributed by atoms with van der Waals surface area (Å²) in [6.45, 7) is 12.0. The van der Waals surface area contributed by atoms with Gasteiger partial charge in [-0.05, 0) is 12.1 Å². The fourth-order valence-corrected chi connectivity index (χ4v) is 2.35. The van der Waals surface area contributed by atoms with Crippen LogP contribution in [-0.4, -0.2) is 5.11 Å². The largest absolute Gasteiger partial charge is 0.369 e. The standard InChI is InChI=1S/C21H16O.3C2H6/c22-21(19-12-6-2-7-13-19,20-14-8-3-9-15-20)17-16-18-10-4-1-5-11-18;3*1-2/h1-15,22H;3*1-2H3. The zero-order valence-corrected chi connectivity index (χ0v) is 18.1. The predicted molar refractivity (Wildman–Crippen MR) is 123 cm³/mol. The molecule has 0 atom stereocenters. The highest BCUT2D eigenvalue weighted by Gasteiger charge is 2.28. The minimum Gasteiger partial charge on any atom is -0.369 e. The highest BCUT2D eigenvalue weighted by molar-refractivity contribution is 5.47. The molecule has 1 heteroatoms. The molecule has 0 aliphatic carbocycles. The summed E-state index contributed by atoms with van der Waals surface area (Å²) in [6, 6.07) is 28.8. The van der Waals surface area contributed by atoms with Gasteiger partial charge in [0.25, 0.3) is 0 Å². The molecule has 0 amide bonds. The van der Waals surface area contributed by atoms with Crippen LogP contribution in [0.4, 0.5) is 0 Å². The van der Waals surface area contributed by atoms with E-state index in [1.54, 1.807) is 0 Å². The van der Waals surface area contributed by atoms with Crippen molar-refractivity contribution in [2.45, 2.75) is 47.1 Å². The number of rotatable bonds is 2. The van der Waals surface area contributed by atoms with E-state index in [-0.39, 0.29) is 0 Å². The first-order valence-electron chi connectivity index (χ1n) is 10.2. The molecule has 148 valence electrons. The van der Waals surface area contributed by atoms with Crippen molar-refractivity contribution in [3.8, 4) is 11.8 Å². The summed E-state index contributed by atoms with van der Waals surface area (Å²) in [6.07, 6.45) is 0. The normalized spacial score (nSPS) is 8.96. The van der Waals surface area contributed by atoms with Gasteiger partial charge < -0.3 is 5.11 Å². The lowest BCUT2D eigenvalue weighted by Gasteiger charge is -2.23. The molecule has 0 spiro atoms. The van der Waals surface area contributed by atoms with E-state index in [4.69, 9.17) is 0 Å². The minimum atomic E-state index is -1.32. The van der Waals surface area contributed by atoms with Crippen molar-refractivity contribution in [2.75, 3.05) is 0 Å². The van der Waals surface area contributed by atoms with Crippen LogP contribution in [0, 0.1) is 11.8 Å².